The molecular formula is C18H17NO4. The van der Waals surface area contributed by atoms with Crippen molar-refractivity contribution in [1.82, 2.24) is 0 Å². The molecule has 2 aromatic rings. The van der Waals surface area contributed by atoms with E-state index < -0.39 is 5.97 Å². The van der Waals surface area contributed by atoms with Gasteiger partial charge in [0.1, 0.15) is 5.75 Å². The number of ketones is 1. The van der Waals surface area contributed by atoms with Crippen molar-refractivity contribution in [3.05, 3.63) is 59.7 Å². The minimum Gasteiger partial charge on any atom is -0.426 e. The van der Waals surface area contributed by atoms with E-state index in [0.29, 0.717) is 17.0 Å². The summed E-state index contributed by atoms with van der Waals surface area (Å²) in [7, 11) is 0. The van der Waals surface area contributed by atoms with Gasteiger partial charge in [-0.3, -0.25) is 14.4 Å². The highest BCUT2D eigenvalue weighted by atomic mass is 16.5. The topological polar surface area (TPSA) is 72.5 Å². The maximum absolute atomic E-state index is 11.9. The number of amides is 1. The van der Waals surface area contributed by atoms with Crippen molar-refractivity contribution < 1.29 is 19.1 Å². The molecule has 0 aliphatic heterocycles. The minimum atomic E-state index is -0.396. The van der Waals surface area contributed by atoms with Gasteiger partial charge in [0, 0.05) is 18.2 Å². The quantitative estimate of drug-likeness (QED) is 0.523. The Morgan fingerprint density at radius 2 is 1.52 bits per heavy atom. The second-order valence-corrected chi connectivity index (χ2v) is 5.11. The smallest absolute Gasteiger partial charge is 0.315 e. The van der Waals surface area contributed by atoms with Gasteiger partial charge in [-0.2, -0.15) is 0 Å². The summed E-state index contributed by atoms with van der Waals surface area (Å²) in [6.07, 6.45) is 0.120. The molecule has 0 bridgehead atoms. The number of rotatable bonds is 5. The fourth-order valence-electron chi connectivity index (χ4n) is 2.00. The third-order valence-electron chi connectivity index (χ3n) is 3.12. The predicted octanol–water partition coefficient (Wildman–Crippen LogP) is 3.00. The Kier molecular flexibility index (Phi) is 5.25. The van der Waals surface area contributed by atoms with Gasteiger partial charge in [0.05, 0.1) is 6.42 Å². The zero-order chi connectivity index (χ0) is 16.8. The lowest BCUT2D eigenvalue weighted by molar-refractivity contribution is -0.133. The van der Waals surface area contributed by atoms with Crippen molar-refractivity contribution in [3.8, 4) is 5.75 Å². The van der Waals surface area contributed by atoms with Crippen LogP contribution < -0.4 is 10.1 Å². The average Bonchev–Trinajstić information content (AvgIpc) is 2.49. The molecule has 1 N–H and O–H groups in total. The number of hydrogen-bond acceptors (Lipinski definition) is 4. The maximum Gasteiger partial charge on any atom is 0.315 e. The summed E-state index contributed by atoms with van der Waals surface area (Å²) in [6, 6.07) is 13.4. The van der Waals surface area contributed by atoms with Crippen molar-refractivity contribution in [2.75, 3.05) is 5.32 Å². The van der Waals surface area contributed by atoms with Gasteiger partial charge in [-0.05, 0) is 48.9 Å². The molecule has 0 heterocycles. The van der Waals surface area contributed by atoms with E-state index in [9.17, 15) is 14.4 Å². The Hall–Kier alpha value is -2.95. The van der Waals surface area contributed by atoms with Crippen molar-refractivity contribution in [2.24, 2.45) is 0 Å². The van der Waals surface area contributed by atoms with Crippen LogP contribution in [0.25, 0.3) is 0 Å². The molecule has 2 aromatic carbocycles. The van der Waals surface area contributed by atoms with Crippen LogP contribution in [0.15, 0.2) is 48.5 Å². The number of nitrogens with one attached hydrogen (secondary N) is 1. The second kappa shape index (κ2) is 7.35. The Bertz CT molecular complexity index is 718. The van der Waals surface area contributed by atoms with E-state index >= 15 is 0 Å². The Balaban J connectivity index is 1.93. The molecule has 0 aliphatic rings. The van der Waals surface area contributed by atoms with Crippen LogP contribution in [0.2, 0.25) is 0 Å². The second-order valence-electron chi connectivity index (χ2n) is 5.11. The number of anilines is 1. The number of Topliss-reactive ketones (excluding diaryl/α,β-unsaturated/α-hetero) is 1. The third kappa shape index (κ3) is 5.07. The highest BCUT2D eigenvalue weighted by molar-refractivity contribution is 5.94. The molecule has 1 amide bonds. The molecule has 0 unspecified atom stereocenters. The van der Waals surface area contributed by atoms with Crippen molar-refractivity contribution in [1.29, 1.82) is 0 Å². The lowest BCUT2D eigenvalue weighted by Gasteiger charge is -2.06. The molecule has 2 rings (SSSR count). The van der Waals surface area contributed by atoms with Crippen LogP contribution in [0.3, 0.4) is 0 Å². The van der Waals surface area contributed by atoms with Gasteiger partial charge in [-0.1, -0.05) is 12.1 Å². The van der Waals surface area contributed by atoms with E-state index in [-0.39, 0.29) is 18.1 Å². The summed E-state index contributed by atoms with van der Waals surface area (Å²) >= 11 is 0. The number of benzene rings is 2. The fourth-order valence-corrected chi connectivity index (χ4v) is 2.00. The lowest BCUT2D eigenvalue weighted by Crippen LogP contribution is -2.11. The normalized spacial score (nSPS) is 10.0. The molecule has 5 heteroatoms. The predicted molar refractivity (Wildman–Crippen MR) is 86.5 cm³/mol. The molecule has 0 saturated carbocycles. The largest absolute Gasteiger partial charge is 0.426 e. The van der Waals surface area contributed by atoms with E-state index in [1.807, 2.05) is 0 Å². The van der Waals surface area contributed by atoms with Crippen LogP contribution in [0.5, 0.6) is 5.75 Å². The average molecular weight is 311 g/mol. The number of hydrogen-bond donors (Lipinski definition) is 1. The molecule has 0 atom stereocenters. The van der Waals surface area contributed by atoms with Crippen LogP contribution in [-0.4, -0.2) is 17.7 Å². The molecular weight excluding hydrogens is 294 g/mol. The first-order valence-corrected chi connectivity index (χ1v) is 7.12. The standard InChI is InChI=1S/C18H17NO4/c1-12(20)15-5-9-17(10-6-15)23-18(22)11-14-3-7-16(8-4-14)19-13(2)21/h3-10H,11H2,1-2H3,(H,19,21). The fraction of sp³-hybridized carbons (Fsp3) is 0.167. The summed E-state index contributed by atoms with van der Waals surface area (Å²) in [6.45, 7) is 2.91. The summed E-state index contributed by atoms with van der Waals surface area (Å²) in [4.78, 5) is 34.0. The van der Waals surface area contributed by atoms with Gasteiger partial charge < -0.3 is 10.1 Å². The first-order valence-electron chi connectivity index (χ1n) is 7.12. The SMILES string of the molecule is CC(=O)Nc1ccc(CC(=O)Oc2ccc(C(C)=O)cc2)cc1. The molecule has 23 heavy (non-hydrogen) atoms. The van der Waals surface area contributed by atoms with Crippen LogP contribution in [0, 0.1) is 0 Å². The highest BCUT2D eigenvalue weighted by Gasteiger charge is 2.07. The Morgan fingerprint density at radius 1 is 0.913 bits per heavy atom. The van der Waals surface area contributed by atoms with E-state index in [0.717, 1.165) is 5.56 Å². The van der Waals surface area contributed by atoms with E-state index in [2.05, 4.69) is 5.32 Å². The monoisotopic (exact) mass is 311 g/mol. The molecule has 5 nitrogen and oxygen atoms in total. The summed E-state index contributed by atoms with van der Waals surface area (Å²) in [5, 5.41) is 2.66. The number of carbonyl (C=O) groups excluding carboxylic acids is 3. The third-order valence-corrected chi connectivity index (χ3v) is 3.12. The van der Waals surface area contributed by atoms with Gasteiger partial charge in [0.25, 0.3) is 0 Å². The van der Waals surface area contributed by atoms with E-state index in [4.69, 9.17) is 4.74 Å². The number of ether oxygens (including phenoxy) is 1. The highest BCUT2D eigenvalue weighted by Crippen LogP contribution is 2.15. The van der Waals surface area contributed by atoms with Crippen LogP contribution in [0.1, 0.15) is 29.8 Å². The zero-order valence-corrected chi connectivity index (χ0v) is 13.0. The van der Waals surface area contributed by atoms with E-state index in [1.165, 1.54) is 13.8 Å². The molecule has 0 fully saturated rings. The lowest BCUT2D eigenvalue weighted by atomic mass is 10.1. The minimum absolute atomic E-state index is 0.0397. The molecule has 0 saturated heterocycles. The van der Waals surface area contributed by atoms with Crippen LogP contribution >= 0.6 is 0 Å². The van der Waals surface area contributed by atoms with Crippen LogP contribution in [-0.2, 0) is 16.0 Å². The molecule has 0 aliphatic carbocycles. The molecule has 0 radical (unpaired) electrons. The van der Waals surface area contributed by atoms with Gasteiger partial charge >= 0.3 is 5.97 Å². The van der Waals surface area contributed by atoms with Gasteiger partial charge in [-0.25, -0.2) is 0 Å². The Morgan fingerprint density at radius 3 is 2.04 bits per heavy atom. The van der Waals surface area contributed by atoms with Crippen molar-refractivity contribution in [3.63, 3.8) is 0 Å². The summed E-state index contributed by atoms with van der Waals surface area (Å²) < 4.78 is 5.23. The first-order chi connectivity index (χ1) is 10.9. The number of carbonyl (C=O) groups is 3. The first kappa shape index (κ1) is 16.4. The summed E-state index contributed by atoms with van der Waals surface area (Å²) in [5.74, 6) is -0.184. The Labute approximate surface area is 134 Å². The van der Waals surface area contributed by atoms with Crippen molar-refractivity contribution >= 4 is 23.3 Å². The summed E-state index contributed by atoms with van der Waals surface area (Å²) in [5.41, 5.74) is 2.03. The van der Waals surface area contributed by atoms with Gasteiger partial charge in [-0.15, -0.1) is 0 Å². The van der Waals surface area contributed by atoms with Crippen LogP contribution in [0.4, 0.5) is 5.69 Å². The van der Waals surface area contributed by atoms with E-state index in [1.54, 1.807) is 48.5 Å². The zero-order valence-electron chi connectivity index (χ0n) is 13.0. The van der Waals surface area contributed by atoms with Crippen molar-refractivity contribution in [2.45, 2.75) is 20.3 Å². The maximum atomic E-state index is 11.9. The van der Waals surface area contributed by atoms with Gasteiger partial charge in [0.2, 0.25) is 5.91 Å². The molecule has 0 aromatic heterocycles. The molecule has 0 spiro atoms. The number of esters is 1. The van der Waals surface area contributed by atoms with Gasteiger partial charge in [0.15, 0.2) is 5.78 Å². The molecule has 118 valence electrons.